The summed E-state index contributed by atoms with van der Waals surface area (Å²) in [7, 11) is 0. The Kier molecular flexibility index (Phi) is 5.01. The lowest BCUT2D eigenvalue weighted by molar-refractivity contribution is -0.149. The predicted molar refractivity (Wildman–Crippen MR) is 97.0 cm³/mol. The van der Waals surface area contributed by atoms with E-state index in [-0.39, 0.29) is 5.97 Å². The van der Waals surface area contributed by atoms with E-state index in [9.17, 15) is 9.59 Å². The Labute approximate surface area is 150 Å². The number of carbonyl (C=O) groups is 2. The van der Waals surface area contributed by atoms with E-state index < -0.39 is 16.4 Å². The summed E-state index contributed by atoms with van der Waals surface area (Å²) in [5.41, 5.74) is 10.6. The first-order valence-corrected chi connectivity index (χ1v) is 9.19. The van der Waals surface area contributed by atoms with E-state index in [2.05, 4.69) is 10.9 Å². The van der Waals surface area contributed by atoms with Crippen molar-refractivity contribution in [2.75, 3.05) is 6.61 Å². The van der Waals surface area contributed by atoms with Crippen LogP contribution in [0.25, 0.3) is 0 Å². The van der Waals surface area contributed by atoms with Crippen LogP contribution in [0.2, 0.25) is 0 Å². The lowest BCUT2D eigenvalue weighted by atomic mass is 9.78. The number of nitrogens with one attached hydrogen (secondary N) is 2. The largest absolute Gasteiger partial charge is 0.465 e. The van der Waals surface area contributed by atoms with Crippen molar-refractivity contribution in [3.63, 3.8) is 0 Å². The van der Waals surface area contributed by atoms with Crippen LogP contribution in [0.1, 0.15) is 38.2 Å². The Morgan fingerprint density at radius 1 is 1.28 bits per heavy atom. The molecule has 2 atom stereocenters. The highest BCUT2D eigenvalue weighted by atomic mass is 32.2. The first-order valence-electron chi connectivity index (χ1n) is 8.37. The van der Waals surface area contributed by atoms with Gasteiger partial charge < -0.3 is 10.5 Å². The van der Waals surface area contributed by atoms with Crippen molar-refractivity contribution >= 4 is 28.8 Å². The van der Waals surface area contributed by atoms with Crippen LogP contribution in [0.5, 0.6) is 0 Å². The van der Waals surface area contributed by atoms with Gasteiger partial charge in [0.25, 0.3) is 0 Å². The fourth-order valence-electron chi connectivity index (χ4n) is 3.43. The number of hydrazine groups is 1. The minimum absolute atomic E-state index is 0.293. The number of hydrogen-bond donors (Lipinski definition) is 3. The van der Waals surface area contributed by atoms with Gasteiger partial charge in [0.15, 0.2) is 10.4 Å². The average Bonchev–Trinajstić information content (AvgIpc) is 2.98. The van der Waals surface area contributed by atoms with Crippen molar-refractivity contribution in [3.8, 4) is 0 Å². The number of rotatable bonds is 5. The second-order valence-corrected chi connectivity index (χ2v) is 7.40. The van der Waals surface area contributed by atoms with E-state index in [0.717, 1.165) is 23.4 Å². The molecule has 2 aliphatic rings. The summed E-state index contributed by atoms with van der Waals surface area (Å²) in [5.74, 6) is -0.312. The summed E-state index contributed by atoms with van der Waals surface area (Å²) in [5, 5.41) is 0.759. The van der Waals surface area contributed by atoms with E-state index in [4.69, 9.17) is 15.5 Å². The van der Waals surface area contributed by atoms with Gasteiger partial charge in [0, 0.05) is 5.56 Å². The molecule has 1 aromatic carbocycles. The maximum absolute atomic E-state index is 12.9. The van der Waals surface area contributed by atoms with Gasteiger partial charge in [-0.1, -0.05) is 48.5 Å². The van der Waals surface area contributed by atoms with Gasteiger partial charge in [0.05, 0.1) is 6.61 Å². The number of ether oxygens (including phenoxy) is 1. The Hall–Kier alpha value is -2.06. The quantitative estimate of drug-likeness (QED) is 0.548. The van der Waals surface area contributed by atoms with E-state index in [0.29, 0.717) is 19.4 Å². The molecule has 1 heterocycles. The first kappa shape index (κ1) is 17.8. The normalized spacial score (nSPS) is 28.0. The zero-order chi connectivity index (χ0) is 17.9. The molecule has 8 heteroatoms. The third-order valence-electron chi connectivity index (χ3n) is 4.57. The average molecular weight is 362 g/mol. The molecule has 1 aliphatic carbocycles. The van der Waals surface area contributed by atoms with Crippen LogP contribution in [0, 0.1) is 0 Å². The maximum Gasteiger partial charge on any atom is 0.326 e. The van der Waals surface area contributed by atoms with Gasteiger partial charge >= 0.3 is 12.0 Å². The number of carbonyl (C=O) groups excluding carboxylic acids is 2. The Balaban J connectivity index is 2.04. The number of esters is 1. The van der Waals surface area contributed by atoms with Crippen molar-refractivity contribution in [2.24, 2.45) is 10.7 Å². The van der Waals surface area contributed by atoms with Crippen LogP contribution in [-0.2, 0) is 9.53 Å². The maximum atomic E-state index is 12.9. The number of urea groups is 1. The zero-order valence-corrected chi connectivity index (χ0v) is 14.9. The number of primary amides is 1. The first-order chi connectivity index (χ1) is 12.0. The number of aliphatic imine (C=N–C) groups is 1. The van der Waals surface area contributed by atoms with Gasteiger partial charge in [-0.2, -0.15) is 0 Å². The molecule has 0 bridgehead atoms. The molecule has 7 nitrogen and oxygen atoms in total. The molecule has 25 heavy (non-hydrogen) atoms. The van der Waals surface area contributed by atoms with Gasteiger partial charge in [-0.25, -0.2) is 10.2 Å². The van der Waals surface area contributed by atoms with Crippen molar-refractivity contribution in [2.45, 2.75) is 43.0 Å². The van der Waals surface area contributed by atoms with Crippen LogP contribution in [0.3, 0.4) is 0 Å². The van der Waals surface area contributed by atoms with Gasteiger partial charge in [-0.3, -0.25) is 15.2 Å². The van der Waals surface area contributed by atoms with Crippen LogP contribution in [0.4, 0.5) is 4.79 Å². The highest BCUT2D eigenvalue weighted by Crippen LogP contribution is 2.54. The summed E-state index contributed by atoms with van der Waals surface area (Å²) in [4.78, 5) is 29.0. The fourth-order valence-corrected chi connectivity index (χ4v) is 4.97. The summed E-state index contributed by atoms with van der Waals surface area (Å²) < 4.78 is 4.46. The SMILES string of the molecule is CCOC(=O)C12CCCCC1(NNC(N)=O)N=C(c1ccccc1)S2. The second-order valence-electron chi connectivity index (χ2n) is 6.11. The molecule has 1 aromatic rings. The summed E-state index contributed by atoms with van der Waals surface area (Å²) >= 11 is 1.41. The van der Waals surface area contributed by atoms with Gasteiger partial charge in [-0.05, 0) is 26.2 Å². The van der Waals surface area contributed by atoms with Crippen molar-refractivity contribution < 1.29 is 14.3 Å². The Morgan fingerprint density at radius 3 is 2.68 bits per heavy atom. The van der Waals surface area contributed by atoms with Crippen LogP contribution >= 0.6 is 11.8 Å². The molecule has 134 valence electrons. The van der Waals surface area contributed by atoms with Gasteiger partial charge in [0.1, 0.15) is 5.04 Å². The highest BCUT2D eigenvalue weighted by molar-refractivity contribution is 8.16. The molecule has 2 unspecified atom stereocenters. The molecule has 1 aliphatic heterocycles. The van der Waals surface area contributed by atoms with E-state index in [1.807, 2.05) is 30.3 Å². The van der Waals surface area contributed by atoms with Gasteiger partial charge in [0.2, 0.25) is 0 Å². The third-order valence-corrected chi connectivity index (χ3v) is 6.14. The molecular weight excluding hydrogens is 340 g/mol. The van der Waals surface area contributed by atoms with E-state index in [1.54, 1.807) is 6.92 Å². The van der Waals surface area contributed by atoms with Crippen LogP contribution in [-0.4, -0.2) is 34.1 Å². The molecule has 2 amide bonds. The monoisotopic (exact) mass is 362 g/mol. The molecule has 4 N–H and O–H groups in total. The molecular formula is C17H22N4O3S. The molecule has 3 rings (SSSR count). The molecule has 1 fully saturated rings. The van der Waals surface area contributed by atoms with Crippen molar-refractivity contribution in [1.82, 2.24) is 10.9 Å². The molecule has 0 spiro atoms. The lowest BCUT2D eigenvalue weighted by Gasteiger charge is -2.44. The molecule has 0 aromatic heterocycles. The number of fused-ring (bicyclic) bond motifs is 1. The van der Waals surface area contributed by atoms with E-state index >= 15 is 0 Å². The van der Waals surface area contributed by atoms with Gasteiger partial charge in [-0.15, -0.1) is 0 Å². The number of thioether (sulfide) groups is 1. The zero-order valence-electron chi connectivity index (χ0n) is 14.1. The Bertz CT molecular complexity index is 696. The highest BCUT2D eigenvalue weighted by Gasteiger charge is 2.64. The lowest BCUT2D eigenvalue weighted by Crippen LogP contribution is -2.67. The Morgan fingerprint density at radius 2 is 2.00 bits per heavy atom. The van der Waals surface area contributed by atoms with Crippen molar-refractivity contribution in [3.05, 3.63) is 35.9 Å². The summed E-state index contributed by atoms with van der Waals surface area (Å²) in [6, 6.07) is 8.99. The number of hydrogen-bond acceptors (Lipinski definition) is 6. The number of amides is 2. The third kappa shape index (κ3) is 3.11. The summed E-state index contributed by atoms with van der Waals surface area (Å²) in [6.07, 6.45) is 3.00. The number of benzene rings is 1. The number of nitrogens with two attached hydrogens (primary N) is 1. The second kappa shape index (κ2) is 7.05. The topological polar surface area (TPSA) is 106 Å². The fraction of sp³-hybridized carbons (Fsp3) is 0.471. The summed E-state index contributed by atoms with van der Waals surface area (Å²) in [6.45, 7) is 2.08. The van der Waals surface area contributed by atoms with Crippen LogP contribution in [0.15, 0.2) is 35.3 Å². The molecule has 1 saturated carbocycles. The minimum Gasteiger partial charge on any atom is -0.465 e. The minimum atomic E-state index is -0.970. The smallest absolute Gasteiger partial charge is 0.326 e. The van der Waals surface area contributed by atoms with Crippen LogP contribution < -0.4 is 16.6 Å². The van der Waals surface area contributed by atoms with Crippen molar-refractivity contribution in [1.29, 1.82) is 0 Å². The number of nitrogens with zero attached hydrogens (tertiary/aromatic N) is 1. The molecule has 0 radical (unpaired) electrons. The molecule has 0 saturated heterocycles. The standard InChI is InChI=1S/C17H22N4O3S/c1-2-24-14(22)16-10-6-7-11-17(16,21-20-15(18)23)19-13(25-16)12-8-4-3-5-9-12/h3-5,8-9,21H,2,6-7,10-11H2,1H3,(H3,18,20,23). The predicted octanol–water partition coefficient (Wildman–Crippen LogP) is 1.93. The van der Waals surface area contributed by atoms with E-state index in [1.165, 1.54) is 11.8 Å².